The molecule has 1 aromatic carbocycles. The van der Waals surface area contributed by atoms with Crippen LogP contribution in [-0.4, -0.2) is 37.7 Å². The van der Waals surface area contributed by atoms with Crippen LogP contribution in [0.3, 0.4) is 0 Å². The highest BCUT2D eigenvalue weighted by molar-refractivity contribution is 5.73. The molecule has 0 unspecified atom stereocenters. The summed E-state index contributed by atoms with van der Waals surface area (Å²) in [6.45, 7) is 3.96. The van der Waals surface area contributed by atoms with Crippen molar-refractivity contribution in [3.05, 3.63) is 41.2 Å². The van der Waals surface area contributed by atoms with Crippen LogP contribution >= 0.6 is 0 Å². The SMILES string of the molecule is CC(C)(c1cccc(C[C@H](N)C(=O)O)c1)c1nn[nH]n1. The maximum Gasteiger partial charge on any atom is 0.320 e. The maximum atomic E-state index is 10.8. The number of nitrogens with one attached hydrogen (secondary N) is 1. The minimum absolute atomic E-state index is 0.283. The average Bonchev–Trinajstić information content (AvgIpc) is 2.93. The lowest BCUT2D eigenvalue weighted by Gasteiger charge is -2.22. The molecule has 7 heteroatoms. The molecular weight excluding hydrogens is 258 g/mol. The van der Waals surface area contributed by atoms with Crippen molar-refractivity contribution in [3.63, 3.8) is 0 Å². The first-order valence-electron chi connectivity index (χ1n) is 6.23. The Bertz CT molecular complexity index is 595. The first-order valence-corrected chi connectivity index (χ1v) is 6.23. The Kier molecular flexibility index (Phi) is 3.80. The van der Waals surface area contributed by atoms with Crippen molar-refractivity contribution in [2.24, 2.45) is 5.73 Å². The monoisotopic (exact) mass is 275 g/mol. The minimum Gasteiger partial charge on any atom is -0.480 e. The van der Waals surface area contributed by atoms with E-state index in [2.05, 4.69) is 20.6 Å². The van der Waals surface area contributed by atoms with Crippen LogP contribution in [0.1, 0.15) is 30.8 Å². The lowest BCUT2D eigenvalue weighted by atomic mass is 9.83. The van der Waals surface area contributed by atoms with Gasteiger partial charge in [-0.15, -0.1) is 10.2 Å². The summed E-state index contributed by atoms with van der Waals surface area (Å²) in [6.07, 6.45) is 0.283. The normalized spacial score (nSPS) is 13.2. The number of carboxylic acids is 1. The predicted octanol–water partition coefficient (Wildman–Crippen LogP) is 0.480. The number of aromatic nitrogens is 4. The fourth-order valence-corrected chi connectivity index (χ4v) is 1.98. The predicted molar refractivity (Wildman–Crippen MR) is 72.1 cm³/mol. The van der Waals surface area contributed by atoms with Gasteiger partial charge in [0.25, 0.3) is 0 Å². The highest BCUT2D eigenvalue weighted by Crippen LogP contribution is 2.28. The summed E-state index contributed by atoms with van der Waals surface area (Å²) in [5.74, 6) is -0.426. The summed E-state index contributed by atoms with van der Waals surface area (Å²) >= 11 is 0. The van der Waals surface area contributed by atoms with Gasteiger partial charge in [0.2, 0.25) is 0 Å². The van der Waals surface area contributed by atoms with E-state index < -0.39 is 17.4 Å². The molecule has 0 aliphatic carbocycles. The van der Waals surface area contributed by atoms with E-state index in [1.807, 2.05) is 38.1 Å². The fraction of sp³-hybridized carbons (Fsp3) is 0.385. The summed E-state index contributed by atoms with van der Waals surface area (Å²) in [7, 11) is 0. The largest absolute Gasteiger partial charge is 0.480 e. The second-order valence-corrected chi connectivity index (χ2v) is 5.21. The molecule has 1 atom stereocenters. The van der Waals surface area contributed by atoms with E-state index in [1.165, 1.54) is 0 Å². The van der Waals surface area contributed by atoms with Crippen molar-refractivity contribution < 1.29 is 9.90 Å². The Hall–Kier alpha value is -2.28. The maximum absolute atomic E-state index is 10.8. The molecule has 0 radical (unpaired) electrons. The van der Waals surface area contributed by atoms with Crippen LogP contribution < -0.4 is 5.73 Å². The van der Waals surface area contributed by atoms with E-state index in [0.717, 1.165) is 11.1 Å². The zero-order valence-electron chi connectivity index (χ0n) is 11.4. The fourth-order valence-electron chi connectivity index (χ4n) is 1.98. The smallest absolute Gasteiger partial charge is 0.320 e. The second-order valence-electron chi connectivity index (χ2n) is 5.21. The molecule has 0 aliphatic heterocycles. The lowest BCUT2D eigenvalue weighted by Crippen LogP contribution is -2.32. The van der Waals surface area contributed by atoms with Gasteiger partial charge in [-0.1, -0.05) is 29.5 Å². The van der Waals surface area contributed by atoms with Crippen LogP contribution in [-0.2, 0) is 16.6 Å². The van der Waals surface area contributed by atoms with Gasteiger partial charge in [0.15, 0.2) is 5.82 Å². The summed E-state index contributed by atoms with van der Waals surface area (Å²) in [6, 6.07) is 6.71. The zero-order chi connectivity index (χ0) is 14.8. The van der Waals surface area contributed by atoms with Crippen molar-refractivity contribution >= 4 is 5.97 Å². The van der Waals surface area contributed by atoms with Gasteiger partial charge in [0, 0.05) is 0 Å². The van der Waals surface area contributed by atoms with E-state index in [0.29, 0.717) is 5.82 Å². The number of rotatable bonds is 5. The zero-order valence-corrected chi connectivity index (χ0v) is 11.4. The third-order valence-corrected chi connectivity index (χ3v) is 3.33. The summed E-state index contributed by atoms with van der Waals surface area (Å²) in [5, 5.41) is 22.9. The minimum atomic E-state index is -1.01. The van der Waals surface area contributed by atoms with Crippen molar-refractivity contribution in [3.8, 4) is 0 Å². The Balaban J connectivity index is 2.28. The van der Waals surface area contributed by atoms with E-state index in [-0.39, 0.29) is 6.42 Å². The molecule has 20 heavy (non-hydrogen) atoms. The average molecular weight is 275 g/mol. The van der Waals surface area contributed by atoms with E-state index in [1.54, 1.807) is 0 Å². The van der Waals surface area contributed by atoms with Crippen molar-refractivity contribution in [2.75, 3.05) is 0 Å². The number of H-pyrrole nitrogens is 1. The number of carbonyl (C=O) groups is 1. The molecule has 1 aromatic heterocycles. The second kappa shape index (κ2) is 5.38. The van der Waals surface area contributed by atoms with Crippen LogP contribution in [0.25, 0.3) is 0 Å². The van der Waals surface area contributed by atoms with E-state index in [4.69, 9.17) is 10.8 Å². The molecule has 0 saturated carbocycles. The number of nitrogens with zero attached hydrogens (tertiary/aromatic N) is 3. The molecule has 4 N–H and O–H groups in total. The first-order chi connectivity index (χ1) is 9.41. The van der Waals surface area contributed by atoms with Crippen LogP contribution in [0.2, 0.25) is 0 Å². The molecule has 0 saturated heterocycles. The van der Waals surface area contributed by atoms with E-state index >= 15 is 0 Å². The van der Waals surface area contributed by atoms with Gasteiger partial charge in [0.05, 0.1) is 5.41 Å². The third kappa shape index (κ3) is 2.83. The van der Waals surface area contributed by atoms with Crippen LogP contribution in [0, 0.1) is 0 Å². The molecule has 2 rings (SSSR count). The van der Waals surface area contributed by atoms with Crippen molar-refractivity contribution in [1.29, 1.82) is 0 Å². The van der Waals surface area contributed by atoms with E-state index in [9.17, 15) is 4.79 Å². The first kappa shape index (κ1) is 14.1. The van der Waals surface area contributed by atoms with Crippen LogP contribution in [0.4, 0.5) is 0 Å². The Labute approximate surface area is 116 Å². The topological polar surface area (TPSA) is 118 Å². The van der Waals surface area contributed by atoms with Gasteiger partial charge in [-0.25, -0.2) is 0 Å². The van der Waals surface area contributed by atoms with Crippen molar-refractivity contribution in [2.45, 2.75) is 31.7 Å². The molecule has 2 aromatic rings. The highest BCUT2D eigenvalue weighted by atomic mass is 16.4. The molecule has 0 bridgehead atoms. The summed E-state index contributed by atoms with van der Waals surface area (Å²) < 4.78 is 0. The van der Waals surface area contributed by atoms with Gasteiger partial charge in [-0.05, 0) is 31.4 Å². The van der Waals surface area contributed by atoms with Crippen LogP contribution in [0.15, 0.2) is 24.3 Å². The summed E-state index contributed by atoms with van der Waals surface area (Å²) in [4.78, 5) is 10.8. The Morgan fingerprint density at radius 1 is 1.50 bits per heavy atom. The van der Waals surface area contributed by atoms with Crippen LogP contribution in [0.5, 0.6) is 0 Å². The molecule has 106 valence electrons. The molecular formula is C13H17N5O2. The van der Waals surface area contributed by atoms with Gasteiger partial charge in [0.1, 0.15) is 6.04 Å². The number of aliphatic carboxylic acids is 1. The lowest BCUT2D eigenvalue weighted by molar-refractivity contribution is -0.138. The molecule has 0 amide bonds. The number of aromatic amines is 1. The molecule has 0 spiro atoms. The number of nitrogens with two attached hydrogens (primary N) is 1. The van der Waals surface area contributed by atoms with Gasteiger partial charge in [-0.2, -0.15) is 5.21 Å². The van der Waals surface area contributed by atoms with Gasteiger partial charge in [-0.3, -0.25) is 4.79 Å². The Morgan fingerprint density at radius 2 is 2.25 bits per heavy atom. The molecule has 1 heterocycles. The molecule has 7 nitrogen and oxygen atoms in total. The molecule has 0 fully saturated rings. The molecule has 0 aliphatic rings. The van der Waals surface area contributed by atoms with Crippen molar-refractivity contribution in [1.82, 2.24) is 20.6 Å². The van der Waals surface area contributed by atoms with Gasteiger partial charge >= 0.3 is 5.97 Å². The quantitative estimate of drug-likeness (QED) is 0.730. The number of hydrogen-bond acceptors (Lipinski definition) is 5. The Morgan fingerprint density at radius 3 is 2.85 bits per heavy atom. The number of hydrogen-bond donors (Lipinski definition) is 3. The summed E-state index contributed by atoms with van der Waals surface area (Å²) in [5.41, 5.74) is 6.99. The number of tetrazole rings is 1. The number of benzene rings is 1. The highest BCUT2D eigenvalue weighted by Gasteiger charge is 2.28. The number of carboxylic acid groups (broad SMARTS) is 1. The standard InChI is InChI=1S/C13H17N5O2/c1-13(2,12-15-17-18-16-12)9-5-3-4-8(6-9)7-10(14)11(19)20/h3-6,10H,7,14H2,1-2H3,(H,19,20)(H,15,16,17,18)/t10-/m0/s1. The van der Waals surface area contributed by atoms with Gasteiger partial charge < -0.3 is 10.8 Å². The third-order valence-electron chi connectivity index (χ3n) is 3.33.